The van der Waals surface area contributed by atoms with Gasteiger partial charge in [-0.25, -0.2) is 0 Å². The highest BCUT2D eigenvalue weighted by Crippen LogP contribution is 2.33. The highest BCUT2D eigenvalue weighted by atomic mass is 16.4. The predicted octanol–water partition coefficient (Wildman–Crippen LogP) is 1.75. The zero-order chi connectivity index (χ0) is 9.90. The molecule has 0 amide bonds. The molecule has 2 N–H and O–H groups in total. The van der Waals surface area contributed by atoms with Crippen molar-refractivity contribution in [2.75, 3.05) is 6.54 Å². The number of hydrogen-bond donors (Lipinski definition) is 2. The molecular formula is C10H17NO2. The minimum Gasteiger partial charge on any atom is -0.480 e. The van der Waals surface area contributed by atoms with E-state index < -0.39 is 5.97 Å². The van der Waals surface area contributed by atoms with E-state index in [1.165, 1.54) is 6.42 Å². The second-order valence-corrected chi connectivity index (χ2v) is 4.36. The fourth-order valence-electron chi connectivity index (χ4n) is 1.64. The van der Waals surface area contributed by atoms with E-state index in [9.17, 15) is 4.79 Å². The number of nitrogens with one attached hydrogen (secondary N) is 1. The number of carboxylic acid groups (broad SMARTS) is 1. The summed E-state index contributed by atoms with van der Waals surface area (Å²) in [6.07, 6.45) is 5.30. The van der Waals surface area contributed by atoms with Crippen LogP contribution in [0.3, 0.4) is 0 Å². The van der Waals surface area contributed by atoms with Gasteiger partial charge in [0.05, 0.1) is 0 Å². The molecule has 0 aliphatic heterocycles. The molecule has 0 radical (unpaired) electrons. The third kappa shape index (κ3) is 3.49. The van der Waals surface area contributed by atoms with Gasteiger partial charge in [-0.15, -0.1) is 0 Å². The molecule has 74 valence electrons. The van der Waals surface area contributed by atoms with Gasteiger partial charge in [-0.05, 0) is 24.7 Å². The average Bonchev–Trinajstić information content (AvgIpc) is 1.99. The van der Waals surface area contributed by atoms with Crippen LogP contribution in [0.5, 0.6) is 0 Å². The molecule has 1 rings (SSSR count). The van der Waals surface area contributed by atoms with E-state index in [1.54, 1.807) is 0 Å². The summed E-state index contributed by atoms with van der Waals surface area (Å²) in [6, 6.07) is 0. The van der Waals surface area contributed by atoms with Crippen LogP contribution in [0, 0.1) is 5.41 Å². The Morgan fingerprint density at radius 3 is 2.92 bits per heavy atom. The fraction of sp³-hybridized carbons (Fsp3) is 0.700. The van der Waals surface area contributed by atoms with Crippen LogP contribution in [0.1, 0.15) is 33.1 Å². The van der Waals surface area contributed by atoms with E-state index in [0.717, 1.165) is 18.5 Å². The monoisotopic (exact) mass is 183 g/mol. The maximum atomic E-state index is 10.3. The Kier molecular flexibility index (Phi) is 2.96. The van der Waals surface area contributed by atoms with Crippen molar-refractivity contribution in [2.24, 2.45) is 5.41 Å². The summed E-state index contributed by atoms with van der Waals surface area (Å²) in [7, 11) is 0. The Morgan fingerprint density at radius 1 is 1.69 bits per heavy atom. The minimum atomic E-state index is -0.802. The molecule has 0 heterocycles. The van der Waals surface area contributed by atoms with E-state index in [1.807, 2.05) is 0 Å². The number of carboxylic acids is 1. The maximum absolute atomic E-state index is 10.3. The molecule has 1 aliphatic carbocycles. The number of aliphatic carboxylic acids is 1. The first-order chi connectivity index (χ1) is 5.99. The molecule has 1 aliphatic rings. The van der Waals surface area contributed by atoms with Crippen molar-refractivity contribution < 1.29 is 9.90 Å². The highest BCUT2D eigenvalue weighted by molar-refractivity contribution is 5.69. The van der Waals surface area contributed by atoms with Crippen molar-refractivity contribution in [3.63, 3.8) is 0 Å². The molecule has 0 aromatic carbocycles. The van der Waals surface area contributed by atoms with Gasteiger partial charge in [0.15, 0.2) is 0 Å². The summed E-state index contributed by atoms with van der Waals surface area (Å²) in [4.78, 5) is 10.3. The largest absolute Gasteiger partial charge is 0.480 e. The molecule has 3 heteroatoms. The SMILES string of the molecule is CC1(C)CCC=C(NCC(=O)O)C1. The van der Waals surface area contributed by atoms with Crippen molar-refractivity contribution in [3.8, 4) is 0 Å². The molecule has 0 spiro atoms. The lowest BCUT2D eigenvalue weighted by molar-refractivity contribution is -0.135. The van der Waals surface area contributed by atoms with Gasteiger partial charge in [0.2, 0.25) is 0 Å². The normalized spacial score (nSPS) is 20.6. The number of hydrogen-bond acceptors (Lipinski definition) is 2. The van der Waals surface area contributed by atoms with Crippen LogP contribution in [0.25, 0.3) is 0 Å². The smallest absolute Gasteiger partial charge is 0.322 e. The standard InChI is InChI=1S/C10H17NO2/c1-10(2)5-3-4-8(6-10)11-7-9(12)13/h4,11H,3,5-7H2,1-2H3,(H,12,13). The van der Waals surface area contributed by atoms with Crippen LogP contribution in [0.4, 0.5) is 0 Å². The van der Waals surface area contributed by atoms with Crippen LogP contribution in [0.2, 0.25) is 0 Å². The molecule has 0 fully saturated rings. The third-order valence-electron chi connectivity index (χ3n) is 2.35. The van der Waals surface area contributed by atoms with Gasteiger partial charge in [0.1, 0.15) is 6.54 Å². The molecule has 0 atom stereocenters. The van der Waals surface area contributed by atoms with Crippen LogP contribution >= 0.6 is 0 Å². The molecule has 0 aromatic heterocycles. The van der Waals surface area contributed by atoms with Crippen LogP contribution < -0.4 is 5.32 Å². The van der Waals surface area contributed by atoms with Gasteiger partial charge in [-0.2, -0.15) is 0 Å². The topological polar surface area (TPSA) is 49.3 Å². The lowest BCUT2D eigenvalue weighted by Gasteiger charge is -2.29. The first-order valence-electron chi connectivity index (χ1n) is 4.64. The number of rotatable bonds is 3. The minimum absolute atomic E-state index is 0.0297. The van der Waals surface area contributed by atoms with Crippen LogP contribution in [-0.2, 0) is 4.79 Å². The number of carbonyl (C=O) groups is 1. The summed E-state index contributed by atoms with van der Waals surface area (Å²) in [5.41, 5.74) is 1.40. The van der Waals surface area contributed by atoms with Crippen molar-refractivity contribution in [3.05, 3.63) is 11.8 Å². The molecule has 0 unspecified atom stereocenters. The molecular weight excluding hydrogens is 166 g/mol. The second kappa shape index (κ2) is 3.81. The molecule has 0 saturated carbocycles. The zero-order valence-electron chi connectivity index (χ0n) is 8.26. The Bertz CT molecular complexity index is 231. The van der Waals surface area contributed by atoms with Crippen LogP contribution in [-0.4, -0.2) is 17.6 Å². The lowest BCUT2D eigenvalue weighted by Crippen LogP contribution is -2.27. The van der Waals surface area contributed by atoms with Gasteiger partial charge in [-0.3, -0.25) is 4.79 Å². The van der Waals surface area contributed by atoms with E-state index in [2.05, 4.69) is 25.2 Å². The summed E-state index contributed by atoms with van der Waals surface area (Å²) in [6.45, 7) is 4.45. The van der Waals surface area contributed by atoms with Crippen molar-refractivity contribution in [1.29, 1.82) is 0 Å². The van der Waals surface area contributed by atoms with Gasteiger partial charge in [0, 0.05) is 5.70 Å². The van der Waals surface area contributed by atoms with Crippen molar-refractivity contribution in [2.45, 2.75) is 33.1 Å². The van der Waals surface area contributed by atoms with E-state index in [4.69, 9.17) is 5.11 Å². The lowest BCUT2D eigenvalue weighted by atomic mass is 9.79. The Hall–Kier alpha value is -0.990. The van der Waals surface area contributed by atoms with Gasteiger partial charge in [-0.1, -0.05) is 19.9 Å². The van der Waals surface area contributed by atoms with Crippen molar-refractivity contribution >= 4 is 5.97 Å². The third-order valence-corrected chi connectivity index (χ3v) is 2.35. The van der Waals surface area contributed by atoms with Gasteiger partial charge >= 0.3 is 5.97 Å². The highest BCUT2D eigenvalue weighted by Gasteiger charge is 2.22. The predicted molar refractivity (Wildman–Crippen MR) is 51.4 cm³/mol. The quantitative estimate of drug-likeness (QED) is 0.701. The Balaban J connectivity index is 2.42. The van der Waals surface area contributed by atoms with E-state index in [0.29, 0.717) is 5.41 Å². The van der Waals surface area contributed by atoms with Gasteiger partial charge in [0.25, 0.3) is 0 Å². The average molecular weight is 183 g/mol. The zero-order valence-corrected chi connectivity index (χ0v) is 8.26. The number of allylic oxidation sites excluding steroid dienone is 2. The maximum Gasteiger partial charge on any atom is 0.322 e. The molecule has 13 heavy (non-hydrogen) atoms. The molecule has 0 aromatic rings. The van der Waals surface area contributed by atoms with Crippen molar-refractivity contribution in [1.82, 2.24) is 5.32 Å². The molecule has 0 bridgehead atoms. The summed E-state index contributed by atoms with van der Waals surface area (Å²) < 4.78 is 0. The molecule has 0 saturated heterocycles. The summed E-state index contributed by atoms with van der Waals surface area (Å²) >= 11 is 0. The molecule has 3 nitrogen and oxygen atoms in total. The Labute approximate surface area is 78.8 Å². The fourth-order valence-corrected chi connectivity index (χ4v) is 1.64. The summed E-state index contributed by atoms with van der Waals surface area (Å²) in [5, 5.41) is 11.4. The van der Waals surface area contributed by atoms with E-state index >= 15 is 0 Å². The van der Waals surface area contributed by atoms with Gasteiger partial charge < -0.3 is 10.4 Å². The second-order valence-electron chi connectivity index (χ2n) is 4.36. The first-order valence-corrected chi connectivity index (χ1v) is 4.64. The van der Waals surface area contributed by atoms with Crippen LogP contribution in [0.15, 0.2) is 11.8 Å². The first kappa shape index (κ1) is 10.1. The summed E-state index contributed by atoms with van der Waals surface area (Å²) in [5.74, 6) is -0.802. The Morgan fingerprint density at radius 2 is 2.38 bits per heavy atom. The van der Waals surface area contributed by atoms with E-state index in [-0.39, 0.29) is 6.54 Å².